The van der Waals surface area contributed by atoms with Gasteiger partial charge in [-0.25, -0.2) is 4.98 Å². The maximum Gasteiger partial charge on any atom is 0.249 e. The molecule has 2 fully saturated rings. The molecule has 0 aliphatic carbocycles. The van der Waals surface area contributed by atoms with E-state index < -0.39 is 6.04 Å². The highest BCUT2D eigenvalue weighted by Crippen LogP contribution is 2.47. The number of benzene rings is 1. The molecule has 2 unspecified atom stereocenters. The number of thioether (sulfide) groups is 1. The molecule has 0 spiro atoms. The highest BCUT2D eigenvalue weighted by molar-refractivity contribution is 8.01. The van der Waals surface area contributed by atoms with Gasteiger partial charge < -0.3 is 10.2 Å². The fourth-order valence-electron chi connectivity index (χ4n) is 3.50. The highest BCUT2D eigenvalue weighted by Gasteiger charge is 2.52. The zero-order valence-electron chi connectivity index (χ0n) is 14.2. The number of carbonyl (C=O) groups is 2. The first-order valence-corrected chi connectivity index (χ1v) is 10.6. The van der Waals surface area contributed by atoms with Crippen LogP contribution in [0.3, 0.4) is 0 Å². The van der Waals surface area contributed by atoms with E-state index in [0.717, 1.165) is 23.3 Å². The monoisotopic (exact) mass is 407 g/mol. The lowest BCUT2D eigenvalue weighted by molar-refractivity contribution is -0.135. The number of hydrogen-bond donors (Lipinski definition) is 1. The Kier molecular flexibility index (Phi) is 4.71. The molecule has 1 N–H and O–H groups in total. The van der Waals surface area contributed by atoms with E-state index in [2.05, 4.69) is 10.3 Å². The van der Waals surface area contributed by atoms with E-state index in [-0.39, 0.29) is 16.7 Å². The predicted molar refractivity (Wildman–Crippen MR) is 106 cm³/mol. The SMILES string of the molecule is CC12CCC(=O)N1C(C(=O)Nc1ncc(Cc3cccc(Cl)c3)s1)CS2. The molecule has 2 aliphatic heterocycles. The van der Waals surface area contributed by atoms with Crippen molar-refractivity contribution in [1.82, 2.24) is 9.88 Å². The van der Waals surface area contributed by atoms with Crippen LogP contribution in [-0.2, 0) is 16.0 Å². The quantitative estimate of drug-likeness (QED) is 0.837. The van der Waals surface area contributed by atoms with Crippen molar-refractivity contribution in [1.29, 1.82) is 0 Å². The summed E-state index contributed by atoms with van der Waals surface area (Å²) in [4.78, 5) is 31.7. The van der Waals surface area contributed by atoms with Crippen LogP contribution >= 0.6 is 34.7 Å². The van der Waals surface area contributed by atoms with Crippen molar-refractivity contribution in [2.45, 2.75) is 37.1 Å². The molecule has 5 nitrogen and oxygen atoms in total. The van der Waals surface area contributed by atoms with Crippen molar-refractivity contribution in [2.75, 3.05) is 11.1 Å². The maximum atomic E-state index is 12.7. The molecule has 4 rings (SSSR count). The summed E-state index contributed by atoms with van der Waals surface area (Å²) in [5, 5.41) is 4.16. The molecule has 1 aromatic heterocycles. The van der Waals surface area contributed by atoms with E-state index in [1.165, 1.54) is 11.3 Å². The van der Waals surface area contributed by atoms with Crippen molar-refractivity contribution >= 4 is 51.6 Å². The summed E-state index contributed by atoms with van der Waals surface area (Å²) in [5.74, 6) is 0.549. The highest BCUT2D eigenvalue weighted by atomic mass is 35.5. The van der Waals surface area contributed by atoms with E-state index in [1.54, 1.807) is 22.9 Å². The Hall–Kier alpha value is -1.57. The standard InChI is InChI=1S/C18H18ClN3O2S2/c1-18-6-5-15(23)22(18)14(10-25-18)16(24)21-17-20-9-13(26-17)8-11-3-2-4-12(19)7-11/h2-4,7,9,14H,5-6,8,10H2,1H3,(H,20,21,24). The van der Waals surface area contributed by atoms with Gasteiger partial charge in [0.25, 0.3) is 0 Å². The molecule has 0 saturated carbocycles. The van der Waals surface area contributed by atoms with Gasteiger partial charge in [0.15, 0.2) is 5.13 Å². The van der Waals surface area contributed by atoms with E-state index in [1.807, 2.05) is 31.2 Å². The van der Waals surface area contributed by atoms with Gasteiger partial charge in [-0.15, -0.1) is 23.1 Å². The Bertz CT molecular complexity index is 872. The Morgan fingerprint density at radius 2 is 2.35 bits per heavy atom. The van der Waals surface area contributed by atoms with Crippen LogP contribution in [0.4, 0.5) is 5.13 Å². The lowest BCUT2D eigenvalue weighted by Gasteiger charge is -2.29. The topological polar surface area (TPSA) is 62.3 Å². The summed E-state index contributed by atoms with van der Waals surface area (Å²) in [7, 11) is 0. The third kappa shape index (κ3) is 3.35. The second-order valence-corrected chi connectivity index (χ2v) is 9.75. The van der Waals surface area contributed by atoms with Gasteiger partial charge in [-0.3, -0.25) is 9.59 Å². The largest absolute Gasteiger partial charge is 0.315 e. The number of nitrogens with one attached hydrogen (secondary N) is 1. The molecule has 1 aromatic carbocycles. The van der Waals surface area contributed by atoms with E-state index in [9.17, 15) is 9.59 Å². The number of halogens is 1. The number of rotatable bonds is 4. The maximum absolute atomic E-state index is 12.7. The van der Waals surface area contributed by atoms with Crippen LogP contribution in [0.25, 0.3) is 0 Å². The molecule has 3 heterocycles. The number of aromatic nitrogens is 1. The number of hydrogen-bond acceptors (Lipinski definition) is 5. The number of thiazole rings is 1. The summed E-state index contributed by atoms with van der Waals surface area (Å²) < 4.78 is 0. The summed E-state index contributed by atoms with van der Waals surface area (Å²) in [6.07, 6.45) is 3.82. The van der Waals surface area contributed by atoms with Gasteiger partial charge in [-0.1, -0.05) is 23.7 Å². The van der Waals surface area contributed by atoms with Crippen molar-refractivity contribution in [3.63, 3.8) is 0 Å². The molecule has 26 heavy (non-hydrogen) atoms. The average molecular weight is 408 g/mol. The van der Waals surface area contributed by atoms with Gasteiger partial charge in [-0.05, 0) is 31.0 Å². The third-order valence-corrected chi connectivity index (χ3v) is 7.45. The number of nitrogens with zero attached hydrogens (tertiary/aromatic N) is 2. The first kappa shape index (κ1) is 17.8. The predicted octanol–water partition coefficient (Wildman–Crippen LogP) is 3.78. The Morgan fingerprint density at radius 1 is 1.50 bits per heavy atom. The van der Waals surface area contributed by atoms with Gasteiger partial charge in [-0.2, -0.15) is 0 Å². The molecule has 2 aliphatic rings. The van der Waals surface area contributed by atoms with Crippen LogP contribution in [-0.4, -0.2) is 38.4 Å². The van der Waals surface area contributed by atoms with Crippen LogP contribution in [0.5, 0.6) is 0 Å². The van der Waals surface area contributed by atoms with Gasteiger partial charge in [0.05, 0.1) is 4.87 Å². The van der Waals surface area contributed by atoms with Crippen LogP contribution < -0.4 is 5.32 Å². The molecule has 2 atom stereocenters. The Morgan fingerprint density at radius 3 is 3.15 bits per heavy atom. The molecule has 2 saturated heterocycles. The lowest BCUT2D eigenvalue weighted by atomic mass is 10.1. The minimum atomic E-state index is -0.416. The number of anilines is 1. The smallest absolute Gasteiger partial charge is 0.249 e. The first-order chi connectivity index (χ1) is 12.4. The minimum absolute atomic E-state index is 0.0680. The van der Waals surface area contributed by atoms with Crippen LogP contribution in [0.15, 0.2) is 30.5 Å². The van der Waals surface area contributed by atoms with Crippen molar-refractivity contribution in [2.24, 2.45) is 0 Å². The van der Waals surface area contributed by atoms with Gasteiger partial charge in [0.1, 0.15) is 6.04 Å². The van der Waals surface area contributed by atoms with E-state index in [4.69, 9.17) is 11.6 Å². The normalized spacial score (nSPS) is 24.8. The molecule has 0 radical (unpaired) electrons. The summed E-state index contributed by atoms with van der Waals surface area (Å²) in [6.45, 7) is 2.04. The number of carbonyl (C=O) groups excluding carboxylic acids is 2. The molecule has 8 heteroatoms. The Labute approximate surface area is 165 Å². The van der Waals surface area contributed by atoms with Crippen molar-refractivity contribution < 1.29 is 9.59 Å². The zero-order valence-corrected chi connectivity index (χ0v) is 16.6. The summed E-state index contributed by atoms with van der Waals surface area (Å²) in [5.41, 5.74) is 1.10. The van der Waals surface area contributed by atoms with Crippen molar-refractivity contribution in [3.8, 4) is 0 Å². The number of amides is 2. The van der Waals surface area contributed by atoms with E-state index >= 15 is 0 Å². The second kappa shape index (κ2) is 6.87. The van der Waals surface area contributed by atoms with Gasteiger partial charge in [0, 0.05) is 34.7 Å². The number of fused-ring (bicyclic) bond motifs is 1. The molecule has 2 amide bonds. The van der Waals surface area contributed by atoms with E-state index in [0.29, 0.717) is 22.3 Å². The fourth-order valence-corrected chi connectivity index (χ4v) is 5.99. The molecular weight excluding hydrogens is 390 g/mol. The third-order valence-electron chi connectivity index (χ3n) is 4.80. The average Bonchev–Trinajstić information content (AvgIpc) is 3.24. The molecule has 136 valence electrons. The first-order valence-electron chi connectivity index (χ1n) is 8.41. The van der Waals surface area contributed by atoms with Crippen LogP contribution in [0, 0.1) is 0 Å². The van der Waals surface area contributed by atoms with Crippen LogP contribution in [0.2, 0.25) is 5.02 Å². The van der Waals surface area contributed by atoms with Gasteiger partial charge in [0.2, 0.25) is 11.8 Å². The molecule has 2 aromatic rings. The summed E-state index contributed by atoms with van der Waals surface area (Å²) in [6, 6.07) is 7.29. The lowest BCUT2D eigenvalue weighted by Crippen LogP contribution is -2.48. The van der Waals surface area contributed by atoms with Gasteiger partial charge >= 0.3 is 0 Å². The molecular formula is C18H18ClN3O2S2. The summed E-state index contributed by atoms with van der Waals surface area (Å²) >= 11 is 9.16. The van der Waals surface area contributed by atoms with Crippen molar-refractivity contribution in [3.05, 3.63) is 45.9 Å². The minimum Gasteiger partial charge on any atom is -0.315 e. The van der Waals surface area contributed by atoms with Crippen LogP contribution in [0.1, 0.15) is 30.2 Å². The zero-order chi connectivity index (χ0) is 18.3. The fraction of sp³-hybridized carbons (Fsp3) is 0.389. The molecule has 0 bridgehead atoms. The second-order valence-electron chi connectivity index (χ2n) is 6.69. The Balaban J connectivity index is 1.43.